The van der Waals surface area contributed by atoms with Gasteiger partial charge in [-0.05, 0) is 43.0 Å². The number of hydrazone groups is 1. The van der Waals surface area contributed by atoms with E-state index in [2.05, 4.69) is 34.2 Å². The van der Waals surface area contributed by atoms with Crippen LogP contribution in [0.4, 0.5) is 17.1 Å². The number of anilines is 1. The van der Waals surface area contributed by atoms with Gasteiger partial charge in [-0.1, -0.05) is 48.5 Å². The highest BCUT2D eigenvalue weighted by molar-refractivity contribution is 6.01. The minimum absolute atomic E-state index is 0.0883. The maximum absolute atomic E-state index is 11.5. The Morgan fingerprint density at radius 2 is 1.68 bits per heavy atom. The van der Waals surface area contributed by atoms with E-state index in [1.807, 2.05) is 49.5 Å². The number of nitrogens with one attached hydrogen (secondary N) is 1. The third-order valence-electron chi connectivity index (χ3n) is 5.95. The third-order valence-corrected chi connectivity index (χ3v) is 5.95. The fraction of sp³-hybridized carbons (Fsp3) is 0.160. The fourth-order valence-electron chi connectivity index (χ4n) is 4.06. The number of nitrogens with zero attached hydrogens (tertiary/aromatic N) is 4. The molecule has 9 nitrogen and oxygen atoms in total. The van der Waals surface area contributed by atoms with Crippen molar-refractivity contribution >= 4 is 33.7 Å². The van der Waals surface area contributed by atoms with Crippen LogP contribution in [0.2, 0.25) is 0 Å². The van der Waals surface area contributed by atoms with Crippen molar-refractivity contribution in [3.05, 3.63) is 110 Å². The monoisotopic (exact) mass is 457 g/mol. The number of hydrogen-bond acceptors (Lipinski definition) is 6. The molecule has 3 aromatic carbocycles. The summed E-state index contributed by atoms with van der Waals surface area (Å²) in [6.07, 6.45) is 1.32. The molecule has 0 bridgehead atoms. The van der Waals surface area contributed by atoms with Gasteiger partial charge in [0.1, 0.15) is 5.69 Å². The highest BCUT2D eigenvalue weighted by atomic mass is 16.6. The number of benzene rings is 3. The molecule has 0 saturated heterocycles. The summed E-state index contributed by atoms with van der Waals surface area (Å²) in [5.74, 6) is 0. The zero-order valence-electron chi connectivity index (χ0n) is 18.8. The molecule has 0 aliphatic heterocycles. The van der Waals surface area contributed by atoms with Crippen LogP contribution in [0.25, 0.3) is 10.9 Å². The Hall–Kier alpha value is -4.53. The Kier molecular flexibility index (Phi) is 6.35. The highest BCUT2D eigenvalue weighted by Gasteiger charge is 2.20. The van der Waals surface area contributed by atoms with E-state index in [1.54, 1.807) is 0 Å². The first-order chi connectivity index (χ1) is 16.4. The SMILES string of the molecule is Cc1c(CC/C(=N\Nc2ccc([N+](=O)[O-])cc2[N+](=O)[O-])c2ccccc2)c2ccccc2n1C. The van der Waals surface area contributed by atoms with E-state index in [4.69, 9.17) is 0 Å². The molecule has 1 heterocycles. The van der Waals surface area contributed by atoms with Gasteiger partial charge in [0, 0.05) is 29.7 Å². The summed E-state index contributed by atoms with van der Waals surface area (Å²) in [7, 11) is 2.04. The molecule has 1 aromatic heterocycles. The molecule has 4 aromatic rings. The number of nitro groups is 2. The molecule has 0 amide bonds. The molecular weight excluding hydrogens is 434 g/mol. The van der Waals surface area contributed by atoms with E-state index in [0.717, 1.165) is 29.3 Å². The summed E-state index contributed by atoms with van der Waals surface area (Å²) < 4.78 is 2.17. The lowest BCUT2D eigenvalue weighted by Crippen LogP contribution is -2.08. The van der Waals surface area contributed by atoms with Gasteiger partial charge in [0.05, 0.1) is 21.6 Å². The molecule has 0 saturated carbocycles. The van der Waals surface area contributed by atoms with Gasteiger partial charge in [-0.3, -0.25) is 25.7 Å². The number of rotatable bonds is 8. The summed E-state index contributed by atoms with van der Waals surface area (Å²) in [6, 6.07) is 21.3. The maximum Gasteiger partial charge on any atom is 0.301 e. The van der Waals surface area contributed by atoms with Crippen molar-refractivity contribution in [2.24, 2.45) is 12.1 Å². The molecule has 172 valence electrons. The van der Waals surface area contributed by atoms with Crippen molar-refractivity contribution in [3.63, 3.8) is 0 Å². The van der Waals surface area contributed by atoms with Gasteiger partial charge in [-0.2, -0.15) is 5.10 Å². The minimum atomic E-state index is -0.665. The molecule has 0 aliphatic rings. The lowest BCUT2D eigenvalue weighted by molar-refractivity contribution is -0.393. The number of fused-ring (bicyclic) bond motifs is 1. The van der Waals surface area contributed by atoms with Crippen LogP contribution >= 0.6 is 0 Å². The summed E-state index contributed by atoms with van der Waals surface area (Å²) >= 11 is 0. The lowest BCUT2D eigenvalue weighted by atomic mass is 10.00. The van der Waals surface area contributed by atoms with Gasteiger partial charge >= 0.3 is 5.69 Å². The van der Waals surface area contributed by atoms with E-state index in [9.17, 15) is 20.2 Å². The highest BCUT2D eigenvalue weighted by Crippen LogP contribution is 2.30. The normalized spacial score (nSPS) is 11.5. The van der Waals surface area contributed by atoms with Crippen LogP contribution in [0, 0.1) is 27.2 Å². The molecule has 4 rings (SSSR count). The van der Waals surface area contributed by atoms with E-state index in [-0.39, 0.29) is 11.4 Å². The van der Waals surface area contributed by atoms with Crippen molar-refractivity contribution in [2.75, 3.05) is 5.43 Å². The number of non-ortho nitro benzene ring substituents is 1. The second-order valence-corrected chi connectivity index (χ2v) is 7.89. The van der Waals surface area contributed by atoms with Crippen molar-refractivity contribution in [1.29, 1.82) is 0 Å². The Bertz CT molecular complexity index is 1410. The maximum atomic E-state index is 11.5. The Morgan fingerprint density at radius 1 is 0.971 bits per heavy atom. The minimum Gasteiger partial charge on any atom is -0.348 e. The fourth-order valence-corrected chi connectivity index (χ4v) is 4.06. The molecule has 0 fully saturated rings. The quantitative estimate of drug-likeness (QED) is 0.205. The molecule has 0 unspecified atom stereocenters. The van der Waals surface area contributed by atoms with Crippen LogP contribution < -0.4 is 5.43 Å². The molecule has 9 heteroatoms. The van der Waals surface area contributed by atoms with Gasteiger partial charge in [-0.15, -0.1) is 0 Å². The van der Waals surface area contributed by atoms with Gasteiger partial charge in [-0.25, -0.2) is 0 Å². The number of nitro benzene ring substituents is 2. The predicted octanol–water partition coefficient (Wildman–Crippen LogP) is 5.75. The van der Waals surface area contributed by atoms with Gasteiger partial charge in [0.15, 0.2) is 0 Å². The standard InChI is InChI=1S/C25H23N5O4/c1-17-20(21-10-6-7-11-24(21)28(17)2)13-15-22(18-8-4-3-5-9-18)26-27-23-14-12-19(29(31)32)16-25(23)30(33)34/h3-12,14,16,27H,13,15H2,1-2H3/b26-22+. The van der Waals surface area contributed by atoms with Gasteiger partial charge < -0.3 is 4.57 Å². The molecule has 1 N–H and O–H groups in total. The summed E-state index contributed by atoms with van der Waals surface area (Å²) in [5, 5.41) is 28.2. The predicted molar refractivity (Wildman–Crippen MR) is 132 cm³/mol. The first-order valence-electron chi connectivity index (χ1n) is 10.7. The summed E-state index contributed by atoms with van der Waals surface area (Å²) in [4.78, 5) is 21.2. The molecule has 0 aliphatic carbocycles. The zero-order valence-corrected chi connectivity index (χ0v) is 18.8. The Morgan fingerprint density at radius 3 is 2.38 bits per heavy atom. The van der Waals surface area contributed by atoms with Crippen LogP contribution in [0.1, 0.15) is 23.2 Å². The second-order valence-electron chi connectivity index (χ2n) is 7.89. The zero-order chi connectivity index (χ0) is 24.2. The third kappa shape index (κ3) is 4.49. The van der Waals surface area contributed by atoms with Crippen LogP contribution in [-0.2, 0) is 13.5 Å². The Balaban J connectivity index is 1.67. The van der Waals surface area contributed by atoms with E-state index in [0.29, 0.717) is 6.42 Å². The summed E-state index contributed by atoms with van der Waals surface area (Å²) in [5.41, 5.74) is 7.27. The van der Waals surface area contributed by atoms with E-state index in [1.165, 1.54) is 28.8 Å². The van der Waals surface area contributed by atoms with Gasteiger partial charge in [0.2, 0.25) is 0 Å². The number of hydrogen-bond donors (Lipinski definition) is 1. The van der Waals surface area contributed by atoms with E-state index >= 15 is 0 Å². The van der Waals surface area contributed by atoms with E-state index < -0.39 is 15.5 Å². The van der Waals surface area contributed by atoms with Crippen LogP contribution in [0.5, 0.6) is 0 Å². The molecule has 0 spiro atoms. The van der Waals surface area contributed by atoms with Crippen LogP contribution in [0.15, 0.2) is 77.9 Å². The van der Waals surface area contributed by atoms with Crippen molar-refractivity contribution in [2.45, 2.75) is 19.8 Å². The second kappa shape index (κ2) is 9.53. The van der Waals surface area contributed by atoms with Crippen molar-refractivity contribution in [3.8, 4) is 0 Å². The topological polar surface area (TPSA) is 116 Å². The van der Waals surface area contributed by atoms with Crippen LogP contribution in [-0.4, -0.2) is 20.1 Å². The number of para-hydroxylation sites is 1. The smallest absolute Gasteiger partial charge is 0.301 e. The average Bonchev–Trinajstić information content (AvgIpc) is 3.09. The molecule has 0 radical (unpaired) electrons. The van der Waals surface area contributed by atoms with Crippen LogP contribution in [0.3, 0.4) is 0 Å². The summed E-state index contributed by atoms with van der Waals surface area (Å²) in [6.45, 7) is 2.09. The molecule has 0 atom stereocenters. The van der Waals surface area contributed by atoms with Crippen molar-refractivity contribution < 1.29 is 9.85 Å². The average molecular weight is 457 g/mol. The molecule has 34 heavy (non-hydrogen) atoms. The number of aromatic nitrogens is 1. The van der Waals surface area contributed by atoms with Crippen molar-refractivity contribution in [1.82, 2.24) is 4.57 Å². The number of aryl methyl sites for hydroxylation is 2. The van der Waals surface area contributed by atoms with Gasteiger partial charge in [0.25, 0.3) is 5.69 Å². The lowest BCUT2D eigenvalue weighted by Gasteiger charge is -2.09. The first-order valence-corrected chi connectivity index (χ1v) is 10.7. The Labute approximate surface area is 195 Å². The molecular formula is C25H23N5O4. The first kappa shape index (κ1) is 22.7. The largest absolute Gasteiger partial charge is 0.348 e.